The van der Waals surface area contributed by atoms with Crippen LogP contribution in [0.25, 0.3) is 0 Å². The van der Waals surface area contributed by atoms with Gasteiger partial charge in [-0.2, -0.15) is 0 Å². The van der Waals surface area contributed by atoms with Crippen molar-refractivity contribution in [2.75, 3.05) is 13.2 Å². The fourth-order valence-corrected chi connectivity index (χ4v) is 0.958. The number of esters is 1. The Bertz CT molecular complexity index is 171. The molecule has 0 spiro atoms. The molecule has 1 heterocycles. The van der Waals surface area contributed by atoms with Gasteiger partial charge in [-0.3, -0.25) is 5.32 Å². The Morgan fingerprint density at radius 3 is 2.91 bits per heavy atom. The number of hydrogen-bond acceptors (Lipinski definition) is 4. The van der Waals surface area contributed by atoms with E-state index in [0.29, 0.717) is 6.04 Å². The zero-order valence-corrected chi connectivity index (χ0v) is 6.68. The van der Waals surface area contributed by atoms with Gasteiger partial charge in [0.1, 0.15) is 12.6 Å². The zero-order chi connectivity index (χ0) is 8.48. The average molecular weight is 158 g/mol. The Morgan fingerprint density at radius 2 is 2.45 bits per heavy atom. The Balaban J connectivity index is 2.58. The third kappa shape index (κ3) is 1.70. The van der Waals surface area contributed by atoms with Gasteiger partial charge in [0.25, 0.3) is 0 Å². The van der Waals surface area contributed by atoms with Gasteiger partial charge < -0.3 is 9.84 Å². The van der Waals surface area contributed by atoms with Crippen LogP contribution in [-0.4, -0.2) is 29.8 Å². The molecule has 4 nitrogen and oxygen atoms in total. The van der Waals surface area contributed by atoms with E-state index in [-0.39, 0.29) is 19.2 Å². The Hall–Kier alpha value is -0.610. The molecule has 1 rings (SSSR count). The van der Waals surface area contributed by atoms with E-state index in [9.17, 15) is 4.79 Å². The van der Waals surface area contributed by atoms with Crippen molar-refractivity contribution in [1.82, 2.24) is 5.32 Å². The lowest BCUT2D eigenvalue weighted by Gasteiger charge is -2.35. The number of carbonyl (C=O) groups is 1. The van der Waals surface area contributed by atoms with E-state index in [1.165, 1.54) is 0 Å². The van der Waals surface area contributed by atoms with Crippen molar-refractivity contribution in [2.24, 2.45) is 0 Å². The van der Waals surface area contributed by atoms with Crippen molar-refractivity contribution in [1.29, 1.82) is 0 Å². The maximum absolute atomic E-state index is 10.8. The molecule has 1 aliphatic heterocycles. The van der Waals surface area contributed by atoms with Crippen LogP contribution >= 0.6 is 0 Å². The highest BCUT2D eigenvalue weighted by molar-refractivity contribution is 5.84. The molecule has 0 aromatic rings. The van der Waals surface area contributed by atoms with Crippen molar-refractivity contribution in [3.05, 3.63) is 6.04 Å². The fourth-order valence-electron chi connectivity index (χ4n) is 0.958. The predicted molar refractivity (Wildman–Crippen MR) is 38.5 cm³/mol. The van der Waals surface area contributed by atoms with Gasteiger partial charge in [-0.1, -0.05) is 0 Å². The number of cyclic esters (lactones) is 1. The summed E-state index contributed by atoms with van der Waals surface area (Å²) < 4.78 is 4.80. The minimum atomic E-state index is -0.502. The molecule has 2 N–H and O–H groups in total. The summed E-state index contributed by atoms with van der Waals surface area (Å²) in [5.41, 5.74) is -0.502. The van der Waals surface area contributed by atoms with Gasteiger partial charge in [0, 0.05) is 0 Å². The van der Waals surface area contributed by atoms with E-state index in [0.717, 1.165) is 0 Å². The largest absolute Gasteiger partial charge is 0.462 e. The number of hydrogen-bond donors (Lipinski definition) is 2. The lowest BCUT2D eigenvalue weighted by Crippen LogP contribution is -2.56. The summed E-state index contributed by atoms with van der Waals surface area (Å²) >= 11 is 0. The summed E-state index contributed by atoms with van der Waals surface area (Å²) in [5.74, 6) is -0.337. The summed E-state index contributed by atoms with van der Waals surface area (Å²) in [6, 6.07) is 0.452. The molecule has 4 heteroatoms. The van der Waals surface area contributed by atoms with Gasteiger partial charge in [-0.05, 0) is 13.8 Å². The van der Waals surface area contributed by atoms with Crippen LogP contribution in [0.15, 0.2) is 0 Å². The van der Waals surface area contributed by atoms with Gasteiger partial charge in [-0.25, -0.2) is 4.79 Å². The number of nitrogens with one attached hydrogen (secondary N) is 1. The molecular weight excluding hydrogens is 146 g/mol. The number of ether oxygens (including phenoxy) is 1. The Labute approximate surface area is 65.5 Å². The monoisotopic (exact) mass is 158 g/mol. The summed E-state index contributed by atoms with van der Waals surface area (Å²) in [7, 11) is 0. The molecule has 1 fully saturated rings. The number of morpholine rings is 1. The van der Waals surface area contributed by atoms with Crippen LogP contribution in [0, 0.1) is 6.04 Å². The first-order valence-electron chi connectivity index (χ1n) is 3.47. The van der Waals surface area contributed by atoms with Gasteiger partial charge in [0.2, 0.25) is 0 Å². The molecule has 0 saturated carbocycles. The molecule has 1 unspecified atom stereocenters. The van der Waals surface area contributed by atoms with Crippen LogP contribution in [0.2, 0.25) is 0 Å². The number of aliphatic hydroxyl groups excluding tert-OH is 1. The maximum atomic E-state index is 10.8. The topological polar surface area (TPSA) is 58.6 Å². The Kier molecular flexibility index (Phi) is 2.15. The molecule has 1 radical (unpaired) electrons. The van der Waals surface area contributed by atoms with Gasteiger partial charge >= 0.3 is 5.97 Å². The number of aliphatic hydroxyl groups is 1. The maximum Gasteiger partial charge on any atom is 0.328 e. The first-order chi connectivity index (χ1) is 5.07. The molecule has 1 aliphatic rings. The molecule has 0 bridgehead atoms. The van der Waals surface area contributed by atoms with E-state index in [1.54, 1.807) is 13.8 Å². The highest BCUT2D eigenvalue weighted by Crippen LogP contribution is 2.15. The Morgan fingerprint density at radius 1 is 1.82 bits per heavy atom. The van der Waals surface area contributed by atoms with Crippen LogP contribution < -0.4 is 5.32 Å². The lowest BCUT2D eigenvalue weighted by molar-refractivity contribution is -0.149. The predicted octanol–water partition coefficient (Wildman–Crippen LogP) is -0.564. The molecule has 0 amide bonds. The minimum absolute atomic E-state index is 0.0440. The average Bonchev–Trinajstić information content (AvgIpc) is 1.98. The standard InChI is InChI=1S/C7H12NO3/c1-5-6(10)11-4-7(2,3-9)8-5/h8-9H,3-4H2,1-2H3. The van der Waals surface area contributed by atoms with Crippen LogP contribution in [-0.2, 0) is 9.53 Å². The summed E-state index contributed by atoms with van der Waals surface area (Å²) in [5, 5.41) is 11.8. The molecule has 1 atom stereocenters. The second-order valence-electron chi connectivity index (χ2n) is 3.04. The van der Waals surface area contributed by atoms with E-state index in [2.05, 4.69) is 5.32 Å². The SMILES string of the molecule is C[C]1NC(C)(CO)COC1=O. The third-order valence-electron chi connectivity index (χ3n) is 1.67. The van der Waals surface area contributed by atoms with Gasteiger partial charge in [0.05, 0.1) is 12.1 Å². The van der Waals surface area contributed by atoms with E-state index in [4.69, 9.17) is 9.84 Å². The van der Waals surface area contributed by atoms with Crippen molar-refractivity contribution in [3.63, 3.8) is 0 Å². The van der Waals surface area contributed by atoms with Crippen molar-refractivity contribution >= 4 is 5.97 Å². The number of rotatable bonds is 1. The summed E-state index contributed by atoms with van der Waals surface area (Å²) in [6.45, 7) is 3.61. The first kappa shape index (κ1) is 8.49. The van der Waals surface area contributed by atoms with Gasteiger partial charge in [0.15, 0.2) is 0 Å². The summed E-state index contributed by atoms with van der Waals surface area (Å²) in [4.78, 5) is 10.8. The highest BCUT2D eigenvalue weighted by atomic mass is 16.5. The van der Waals surface area contributed by atoms with Crippen molar-refractivity contribution < 1.29 is 14.6 Å². The zero-order valence-electron chi connectivity index (χ0n) is 6.68. The van der Waals surface area contributed by atoms with Crippen LogP contribution in [0.3, 0.4) is 0 Å². The van der Waals surface area contributed by atoms with Gasteiger partial charge in [-0.15, -0.1) is 0 Å². The van der Waals surface area contributed by atoms with Crippen molar-refractivity contribution in [3.8, 4) is 0 Å². The molecule has 0 aromatic heterocycles. The van der Waals surface area contributed by atoms with Crippen molar-refractivity contribution in [2.45, 2.75) is 19.4 Å². The van der Waals surface area contributed by atoms with E-state index >= 15 is 0 Å². The van der Waals surface area contributed by atoms with E-state index < -0.39 is 5.54 Å². The first-order valence-corrected chi connectivity index (χ1v) is 3.47. The fraction of sp³-hybridized carbons (Fsp3) is 0.714. The molecule has 0 aromatic carbocycles. The quantitative estimate of drug-likeness (QED) is 0.502. The third-order valence-corrected chi connectivity index (χ3v) is 1.67. The normalized spacial score (nSPS) is 33.5. The number of carbonyl (C=O) groups excluding carboxylic acids is 1. The van der Waals surface area contributed by atoms with E-state index in [1.807, 2.05) is 0 Å². The molecule has 0 aliphatic carbocycles. The molecular formula is C7H12NO3. The lowest BCUT2D eigenvalue weighted by atomic mass is 10.0. The molecule has 11 heavy (non-hydrogen) atoms. The molecule has 63 valence electrons. The minimum Gasteiger partial charge on any atom is -0.462 e. The van der Waals surface area contributed by atoms with Crippen LogP contribution in [0.4, 0.5) is 0 Å². The summed E-state index contributed by atoms with van der Waals surface area (Å²) in [6.07, 6.45) is 0. The molecule has 1 saturated heterocycles. The second-order valence-corrected chi connectivity index (χ2v) is 3.04. The second kappa shape index (κ2) is 2.79. The van der Waals surface area contributed by atoms with Crippen LogP contribution in [0.1, 0.15) is 13.8 Å². The van der Waals surface area contributed by atoms with Crippen LogP contribution in [0.5, 0.6) is 0 Å². The highest BCUT2D eigenvalue weighted by Gasteiger charge is 2.35. The smallest absolute Gasteiger partial charge is 0.328 e.